The van der Waals surface area contributed by atoms with Crippen LogP contribution in [0.4, 0.5) is 0 Å². The van der Waals surface area contributed by atoms with Gasteiger partial charge in [-0.3, -0.25) is 0 Å². The van der Waals surface area contributed by atoms with Crippen molar-refractivity contribution in [3.63, 3.8) is 0 Å². The first-order valence-corrected chi connectivity index (χ1v) is 10.5. The molecule has 0 aromatic carbocycles. The van der Waals surface area contributed by atoms with Gasteiger partial charge in [0.1, 0.15) is 0 Å². The van der Waals surface area contributed by atoms with Crippen LogP contribution in [0.15, 0.2) is 0 Å². The zero-order valence-electron chi connectivity index (χ0n) is 15.4. The van der Waals surface area contributed by atoms with Crippen molar-refractivity contribution in [2.24, 2.45) is 0 Å². The fourth-order valence-electron chi connectivity index (χ4n) is 2.76. The maximum atomic E-state index is 11.2. The zero-order valence-corrected chi connectivity index (χ0v) is 18.2. The Bertz CT molecular complexity index is 347. The molecule has 2 atom stereocenters. The Kier molecular flexibility index (Phi) is 18.5. The van der Waals surface area contributed by atoms with Gasteiger partial charge in [0.15, 0.2) is 0 Å². The average Bonchev–Trinajstić information content (AvgIpc) is 2.44. The Labute approximate surface area is 165 Å². The Morgan fingerprint density at radius 2 is 1.17 bits per heavy atom. The van der Waals surface area contributed by atoms with Crippen LogP contribution in [0.3, 0.4) is 0 Å². The van der Waals surface area contributed by atoms with E-state index in [2.05, 4.69) is 13.8 Å². The van der Waals surface area contributed by atoms with Crippen molar-refractivity contribution in [3.8, 4) is 0 Å². The summed E-state index contributed by atoms with van der Waals surface area (Å²) in [7, 11) is -4.16. The van der Waals surface area contributed by atoms with Crippen LogP contribution in [0.1, 0.15) is 97.3 Å². The minimum atomic E-state index is -4.16. The van der Waals surface area contributed by atoms with Gasteiger partial charge in [0.2, 0.25) is 0 Å². The molecular weight excluding hydrogens is 323 g/mol. The van der Waals surface area contributed by atoms with Gasteiger partial charge in [0, 0.05) is 5.25 Å². The minimum absolute atomic E-state index is 0. The first-order chi connectivity index (χ1) is 10.4. The quantitative estimate of drug-likeness (QED) is 0.272. The second-order valence-corrected chi connectivity index (χ2v) is 8.05. The van der Waals surface area contributed by atoms with E-state index in [1.807, 2.05) is 0 Å². The monoisotopic (exact) mass is 358 g/mol. The molecule has 0 amide bonds. The van der Waals surface area contributed by atoms with Gasteiger partial charge in [-0.05, 0) is 25.7 Å². The van der Waals surface area contributed by atoms with Gasteiger partial charge in [-0.2, -0.15) is 0 Å². The van der Waals surface area contributed by atoms with Crippen molar-refractivity contribution in [2.75, 3.05) is 0 Å². The van der Waals surface area contributed by atoms with Crippen LogP contribution in [0, 0.1) is 0 Å². The summed E-state index contributed by atoms with van der Waals surface area (Å²) < 4.78 is 33.7. The molecule has 0 fully saturated rings. The predicted octanol–water partition coefficient (Wildman–Crippen LogP) is 1.38. The Morgan fingerprint density at radius 3 is 1.61 bits per heavy atom. The molecule has 0 saturated heterocycles. The largest absolute Gasteiger partial charge is 1.00 e. The predicted molar refractivity (Wildman–Crippen MR) is 90.9 cm³/mol. The van der Waals surface area contributed by atoms with Gasteiger partial charge < -0.3 is 9.66 Å². The van der Waals surface area contributed by atoms with Crippen LogP contribution in [-0.4, -0.2) is 29.4 Å². The summed E-state index contributed by atoms with van der Waals surface area (Å²) in [4.78, 5) is 0. The van der Waals surface area contributed by atoms with Gasteiger partial charge in [0.05, 0.1) is 16.2 Å². The van der Waals surface area contributed by atoms with E-state index in [0.717, 1.165) is 70.6 Å². The van der Waals surface area contributed by atoms with E-state index in [1.54, 1.807) is 0 Å². The number of unbranched alkanes of at least 4 members (excludes halogenated alkanes) is 6. The number of hydrogen-bond acceptors (Lipinski definition) is 4. The molecule has 2 unspecified atom stereocenters. The molecule has 134 valence electrons. The topological polar surface area (TPSA) is 77.4 Å². The maximum Gasteiger partial charge on any atom is 1.00 e. The fourth-order valence-corrected chi connectivity index (χ4v) is 3.67. The third kappa shape index (κ3) is 16.1. The van der Waals surface area contributed by atoms with Gasteiger partial charge in [0.25, 0.3) is 0 Å². The van der Waals surface area contributed by atoms with Crippen LogP contribution < -0.4 is 29.6 Å². The van der Waals surface area contributed by atoms with Crippen molar-refractivity contribution in [2.45, 2.75) is 109 Å². The standard InChI is InChI=1S/C17H36O4S.Na/c1-3-5-8-12-16(18)13-10-7-11-15-17(22(19,20)21)14-9-6-4-2;/h16-18H,3-15H2,1-2H3,(H,19,20,21);/q;+1/p-1. The Hall–Kier alpha value is 0.870. The Balaban J connectivity index is 0. The third-order valence-electron chi connectivity index (χ3n) is 4.24. The van der Waals surface area contributed by atoms with E-state index in [4.69, 9.17) is 0 Å². The molecule has 0 aromatic heterocycles. The molecule has 0 aliphatic rings. The zero-order chi connectivity index (χ0) is 16.8. The van der Waals surface area contributed by atoms with E-state index in [-0.39, 0.29) is 35.7 Å². The molecular formula is C17H35NaO4S. The first-order valence-electron chi connectivity index (χ1n) is 9.04. The second kappa shape index (κ2) is 16.3. The molecule has 0 bridgehead atoms. The first kappa shape index (κ1) is 26.1. The average molecular weight is 359 g/mol. The summed E-state index contributed by atoms with van der Waals surface area (Å²) in [6, 6.07) is 0. The SMILES string of the molecule is CCCCCC(O)CCCCCC(CCCCC)S(=O)(=O)[O-].[Na+]. The van der Waals surface area contributed by atoms with Crippen molar-refractivity contribution >= 4 is 10.1 Å². The number of hydrogen-bond donors (Lipinski definition) is 1. The fraction of sp³-hybridized carbons (Fsp3) is 1.00. The van der Waals surface area contributed by atoms with E-state index in [0.29, 0.717) is 12.8 Å². The minimum Gasteiger partial charge on any atom is -0.748 e. The van der Waals surface area contributed by atoms with Crippen LogP contribution >= 0.6 is 0 Å². The number of aliphatic hydroxyl groups excluding tert-OH is 1. The van der Waals surface area contributed by atoms with Crippen LogP contribution in [-0.2, 0) is 10.1 Å². The molecule has 0 aliphatic carbocycles. The van der Waals surface area contributed by atoms with Crippen molar-refractivity contribution < 1.29 is 47.6 Å². The third-order valence-corrected chi connectivity index (χ3v) is 5.53. The molecule has 0 spiro atoms. The maximum absolute atomic E-state index is 11.2. The van der Waals surface area contributed by atoms with Gasteiger partial charge in [-0.25, -0.2) is 8.42 Å². The van der Waals surface area contributed by atoms with Crippen LogP contribution in [0.2, 0.25) is 0 Å². The number of aliphatic hydroxyl groups is 1. The van der Waals surface area contributed by atoms with Crippen molar-refractivity contribution in [3.05, 3.63) is 0 Å². The van der Waals surface area contributed by atoms with Crippen LogP contribution in [0.5, 0.6) is 0 Å². The normalized spacial score (nSPS) is 14.3. The van der Waals surface area contributed by atoms with Gasteiger partial charge in [-0.15, -0.1) is 0 Å². The van der Waals surface area contributed by atoms with E-state index in [1.165, 1.54) is 0 Å². The molecule has 23 heavy (non-hydrogen) atoms. The molecule has 4 nitrogen and oxygen atoms in total. The summed E-state index contributed by atoms with van der Waals surface area (Å²) in [5.74, 6) is 0. The molecule has 0 saturated carbocycles. The second-order valence-electron chi connectivity index (χ2n) is 6.40. The van der Waals surface area contributed by atoms with E-state index < -0.39 is 15.4 Å². The smallest absolute Gasteiger partial charge is 0.748 e. The van der Waals surface area contributed by atoms with Gasteiger partial charge in [-0.1, -0.05) is 71.6 Å². The summed E-state index contributed by atoms with van der Waals surface area (Å²) >= 11 is 0. The molecule has 1 N–H and O–H groups in total. The molecule has 6 heteroatoms. The van der Waals surface area contributed by atoms with Crippen molar-refractivity contribution in [1.29, 1.82) is 0 Å². The Morgan fingerprint density at radius 1 is 0.783 bits per heavy atom. The van der Waals surface area contributed by atoms with Crippen molar-refractivity contribution in [1.82, 2.24) is 0 Å². The molecule has 0 aromatic rings. The van der Waals surface area contributed by atoms with Gasteiger partial charge >= 0.3 is 29.6 Å². The van der Waals surface area contributed by atoms with E-state index >= 15 is 0 Å². The summed E-state index contributed by atoms with van der Waals surface area (Å²) in [6.45, 7) is 4.21. The molecule has 0 radical (unpaired) electrons. The number of rotatable bonds is 15. The van der Waals surface area contributed by atoms with E-state index in [9.17, 15) is 18.1 Å². The molecule has 0 heterocycles. The summed E-state index contributed by atoms with van der Waals surface area (Å²) in [5, 5.41) is 9.10. The molecule has 0 aliphatic heterocycles. The summed E-state index contributed by atoms with van der Waals surface area (Å²) in [5.41, 5.74) is 0. The summed E-state index contributed by atoms with van der Waals surface area (Å²) in [6.07, 6.45) is 11.2. The van der Waals surface area contributed by atoms with Crippen LogP contribution in [0.25, 0.3) is 0 Å². The molecule has 0 rings (SSSR count).